The summed E-state index contributed by atoms with van der Waals surface area (Å²) in [6, 6.07) is -0.676. The molecule has 0 aromatic heterocycles. The number of hydrogen-bond acceptors (Lipinski definition) is 8. The van der Waals surface area contributed by atoms with Crippen LogP contribution in [-0.4, -0.2) is 99.9 Å². The topological polar surface area (TPSA) is 157 Å². The zero-order valence-corrected chi connectivity index (χ0v) is 22.0. The van der Waals surface area contributed by atoms with Crippen LogP contribution in [0.15, 0.2) is 0 Å². The molecule has 1 rings (SSSR count). The third kappa shape index (κ3) is 12.1. The molecule has 0 spiro atoms. The van der Waals surface area contributed by atoms with E-state index in [1.54, 1.807) is 0 Å². The van der Waals surface area contributed by atoms with Gasteiger partial charge < -0.3 is 0 Å². The van der Waals surface area contributed by atoms with Crippen LogP contribution in [0.4, 0.5) is 0 Å². The molecule has 8 atom stereocenters. The maximum absolute atomic E-state index is 10.4. The van der Waals surface area contributed by atoms with Gasteiger partial charge in [-0.25, -0.2) is 0 Å². The summed E-state index contributed by atoms with van der Waals surface area (Å²) < 4.78 is 5.49. The van der Waals surface area contributed by atoms with Crippen molar-refractivity contribution in [2.45, 2.75) is 143 Å². The van der Waals surface area contributed by atoms with Crippen LogP contribution in [0.1, 0.15) is 90.4 Å². The van der Waals surface area contributed by atoms with Crippen LogP contribution in [-0.2, 0) is 4.74 Å². The zero-order valence-electron chi connectivity index (χ0n) is 20.3. The molecule has 0 unspecified atom stereocenters. The first-order chi connectivity index (χ1) is 15.8. The van der Waals surface area contributed by atoms with Gasteiger partial charge in [0, 0.05) is 0 Å². The number of nitrogens with two attached hydrogens (primary N) is 1. The molecule has 0 radical (unpaired) electrons. The molecule has 0 aromatic carbocycles. The monoisotopic (exact) mass is 543 g/mol. The van der Waals surface area contributed by atoms with Gasteiger partial charge in [0.2, 0.25) is 0 Å². The fourth-order valence-corrected chi connectivity index (χ4v) is 6.65. The fraction of sp³-hybridized carbons (Fsp3) is 1.00. The van der Waals surface area contributed by atoms with Gasteiger partial charge in [-0.3, -0.25) is 0 Å². The molecule has 8 N–H and O–H groups in total. The summed E-state index contributed by atoms with van der Waals surface area (Å²) in [7, 11) is 0. The van der Waals surface area contributed by atoms with Gasteiger partial charge >= 0.3 is 167 Å². The summed E-state index contributed by atoms with van der Waals surface area (Å²) in [5.74, 6) is 0. The van der Waals surface area contributed by atoms with Crippen LogP contribution in [0, 0.1) is 0 Å². The molecule has 1 aliphatic heterocycles. The van der Waals surface area contributed by atoms with Crippen LogP contribution < -0.4 is 5.73 Å². The second-order valence-corrected chi connectivity index (χ2v) is 11.8. The first kappa shape index (κ1) is 31.2. The van der Waals surface area contributed by atoms with Gasteiger partial charge in [0.05, 0.1) is 0 Å². The predicted molar refractivity (Wildman–Crippen MR) is 130 cm³/mol. The minimum absolute atomic E-state index is 0.326. The summed E-state index contributed by atoms with van der Waals surface area (Å²) in [5.41, 5.74) is 6.05. The Kier molecular flexibility index (Phi) is 17.5. The molecule has 0 aliphatic carbocycles. The van der Waals surface area contributed by atoms with E-state index in [1.165, 1.54) is 57.8 Å². The van der Waals surface area contributed by atoms with E-state index in [0.717, 1.165) is 19.3 Å². The maximum atomic E-state index is 10.4. The Bertz CT molecular complexity index is 474. The van der Waals surface area contributed by atoms with Crippen molar-refractivity contribution in [1.29, 1.82) is 0 Å². The van der Waals surface area contributed by atoms with Crippen molar-refractivity contribution in [3.8, 4) is 0 Å². The molecule has 1 fully saturated rings. The summed E-state index contributed by atoms with van der Waals surface area (Å²) in [6.07, 6.45) is 8.40. The third-order valence-corrected chi connectivity index (χ3v) is 9.21. The molecule has 1 heterocycles. The number of rotatable bonds is 19. The van der Waals surface area contributed by atoms with Crippen LogP contribution in [0.5, 0.6) is 0 Å². The van der Waals surface area contributed by atoms with Gasteiger partial charge in [0.25, 0.3) is 0 Å². The van der Waals surface area contributed by atoms with Gasteiger partial charge in [0.1, 0.15) is 0 Å². The molecule has 33 heavy (non-hydrogen) atoms. The van der Waals surface area contributed by atoms with Gasteiger partial charge in [-0.05, 0) is 0 Å². The van der Waals surface area contributed by atoms with Crippen molar-refractivity contribution in [2.75, 3.05) is 6.61 Å². The van der Waals surface area contributed by atoms with Crippen molar-refractivity contribution in [3.05, 3.63) is 0 Å². The molecule has 0 amide bonds. The standard InChI is InChI=1S/C24H49NO7Se/c1-2-3-4-5-6-7-8-9-10-11-12-13-14-18(27)20(28)17(25)16-33-24-23(31)22(30)21(29)19(15-26)32-24/h17-24,26-31H,2-16,25H2,1H3/t17-,18+,19+,20-,21-,22-,23+,24+/m0/s1. The SMILES string of the molecule is CCCCCCCCCCCCCC[C@@H](O)[C@@H](O)[C@@H](N)C[Se][C@H]1O[C@H](CO)[C@H](O)[C@H](O)[C@H]1O. The summed E-state index contributed by atoms with van der Waals surface area (Å²) in [4.78, 5) is 0. The first-order valence-electron chi connectivity index (χ1n) is 12.9. The molecule has 1 saturated heterocycles. The van der Waals surface area contributed by atoms with Crippen LogP contribution in [0.2, 0.25) is 5.32 Å². The second kappa shape index (κ2) is 18.5. The normalized spacial score (nSPS) is 28.5. The molecule has 0 bridgehead atoms. The van der Waals surface area contributed by atoms with Crippen molar-refractivity contribution >= 4 is 15.0 Å². The van der Waals surface area contributed by atoms with Gasteiger partial charge in [-0.1, -0.05) is 39.0 Å². The van der Waals surface area contributed by atoms with E-state index in [1.807, 2.05) is 0 Å². The van der Waals surface area contributed by atoms with E-state index in [-0.39, 0.29) is 0 Å². The van der Waals surface area contributed by atoms with Crippen molar-refractivity contribution in [3.63, 3.8) is 0 Å². The molecule has 198 valence electrons. The van der Waals surface area contributed by atoms with Crippen LogP contribution in [0.25, 0.3) is 0 Å². The Hall–Kier alpha value is 0.199. The van der Waals surface area contributed by atoms with Crippen molar-refractivity contribution < 1.29 is 35.4 Å². The van der Waals surface area contributed by atoms with Gasteiger partial charge in [-0.2, -0.15) is 0 Å². The average molecular weight is 543 g/mol. The summed E-state index contributed by atoms with van der Waals surface area (Å²) in [5, 5.41) is 59.3. The Morgan fingerprint density at radius 2 is 1.30 bits per heavy atom. The molecule has 8 nitrogen and oxygen atoms in total. The van der Waals surface area contributed by atoms with E-state index in [2.05, 4.69) is 6.92 Å². The van der Waals surface area contributed by atoms with Crippen LogP contribution in [0.3, 0.4) is 0 Å². The Labute approximate surface area is 206 Å². The molecule has 9 heteroatoms. The second-order valence-electron chi connectivity index (χ2n) is 9.43. The van der Waals surface area contributed by atoms with E-state index in [0.29, 0.717) is 11.7 Å². The quantitative estimate of drug-likeness (QED) is 0.0943. The zero-order chi connectivity index (χ0) is 24.6. The molecule has 0 aromatic rings. The summed E-state index contributed by atoms with van der Waals surface area (Å²) in [6.45, 7) is 1.77. The minimum atomic E-state index is -1.40. The predicted octanol–water partition coefficient (Wildman–Crippen LogP) is 1.05. The third-order valence-electron chi connectivity index (χ3n) is 6.49. The van der Waals surface area contributed by atoms with E-state index in [9.17, 15) is 30.6 Å². The molecule has 0 saturated carbocycles. The summed E-state index contributed by atoms with van der Waals surface area (Å²) >= 11 is -0.413. The number of aliphatic hydroxyl groups is 6. The Morgan fingerprint density at radius 1 is 0.788 bits per heavy atom. The van der Waals surface area contributed by atoms with E-state index >= 15 is 0 Å². The molecular formula is C24H49NO7Se. The average Bonchev–Trinajstić information content (AvgIpc) is 2.82. The van der Waals surface area contributed by atoms with Gasteiger partial charge in [0.15, 0.2) is 0 Å². The number of unbranched alkanes of at least 4 members (excludes halogenated alkanes) is 11. The van der Waals surface area contributed by atoms with E-state index in [4.69, 9.17) is 10.5 Å². The molecular weight excluding hydrogens is 493 g/mol. The van der Waals surface area contributed by atoms with Crippen molar-refractivity contribution in [2.24, 2.45) is 5.73 Å². The Morgan fingerprint density at radius 3 is 1.82 bits per heavy atom. The van der Waals surface area contributed by atoms with Crippen molar-refractivity contribution in [1.82, 2.24) is 0 Å². The van der Waals surface area contributed by atoms with E-state index < -0.39 is 69.2 Å². The number of aliphatic hydroxyl groups excluding tert-OH is 6. The fourth-order valence-electron chi connectivity index (χ4n) is 4.16. The molecule has 1 aliphatic rings. The number of ether oxygens (including phenoxy) is 1. The van der Waals surface area contributed by atoms with Crippen LogP contribution >= 0.6 is 0 Å². The Balaban J connectivity index is 2.12. The first-order valence-corrected chi connectivity index (χ1v) is 15.1. The van der Waals surface area contributed by atoms with Gasteiger partial charge in [-0.15, -0.1) is 0 Å². The number of hydrogen-bond donors (Lipinski definition) is 7.